The predicted octanol–water partition coefficient (Wildman–Crippen LogP) is 2.51. The molecule has 2 rings (SSSR count). The lowest BCUT2D eigenvalue weighted by Gasteiger charge is -2.21. The van der Waals surface area contributed by atoms with Gasteiger partial charge in [-0.15, -0.1) is 0 Å². The van der Waals surface area contributed by atoms with Crippen molar-refractivity contribution >= 4 is 17.5 Å². The zero-order valence-corrected chi connectivity index (χ0v) is 11.5. The van der Waals surface area contributed by atoms with E-state index in [4.69, 9.17) is 11.6 Å². The van der Waals surface area contributed by atoms with E-state index in [0.29, 0.717) is 10.6 Å². The highest BCUT2D eigenvalue weighted by atomic mass is 35.5. The van der Waals surface area contributed by atoms with Crippen molar-refractivity contribution in [2.24, 2.45) is 0 Å². The molecule has 0 radical (unpaired) electrons. The Morgan fingerprint density at radius 3 is 2.67 bits per heavy atom. The molecule has 0 atom stereocenters. The topological polar surface area (TPSA) is 23.6 Å². The maximum atomic E-state index is 12.2. The van der Waals surface area contributed by atoms with Crippen LogP contribution in [0.4, 0.5) is 0 Å². The van der Waals surface area contributed by atoms with Crippen molar-refractivity contribution in [2.75, 3.05) is 33.2 Å². The summed E-state index contributed by atoms with van der Waals surface area (Å²) < 4.78 is 0. The highest BCUT2D eigenvalue weighted by Crippen LogP contribution is 2.16. The summed E-state index contributed by atoms with van der Waals surface area (Å²) in [6, 6.07) is 7.21. The van der Waals surface area contributed by atoms with Crippen LogP contribution in [-0.4, -0.2) is 48.9 Å². The molecule has 1 aromatic carbocycles. The number of carbonyl (C=O) groups excluding carboxylic acids is 1. The lowest BCUT2D eigenvalue weighted by Crippen LogP contribution is -2.35. The van der Waals surface area contributed by atoms with Gasteiger partial charge in [0, 0.05) is 20.1 Å². The molecule has 1 aliphatic heterocycles. The zero-order chi connectivity index (χ0) is 13.0. The van der Waals surface area contributed by atoms with Crippen LogP contribution >= 0.6 is 11.6 Å². The fourth-order valence-corrected chi connectivity index (χ4v) is 2.46. The maximum Gasteiger partial charge on any atom is 0.255 e. The van der Waals surface area contributed by atoms with Gasteiger partial charge in [-0.25, -0.2) is 0 Å². The van der Waals surface area contributed by atoms with Crippen LogP contribution < -0.4 is 0 Å². The average Bonchev–Trinajstić information content (AvgIpc) is 2.89. The molecule has 1 aliphatic rings. The van der Waals surface area contributed by atoms with E-state index in [1.54, 1.807) is 17.0 Å². The van der Waals surface area contributed by atoms with E-state index < -0.39 is 0 Å². The van der Waals surface area contributed by atoms with Gasteiger partial charge in [-0.1, -0.05) is 23.7 Å². The van der Waals surface area contributed by atoms with Gasteiger partial charge >= 0.3 is 0 Å². The summed E-state index contributed by atoms with van der Waals surface area (Å²) in [4.78, 5) is 16.3. The SMILES string of the molecule is CN(CCN1CCCC1)C(=O)c1ccccc1Cl. The number of likely N-dealkylation sites (tertiary alicyclic amines) is 1. The fraction of sp³-hybridized carbons (Fsp3) is 0.500. The van der Waals surface area contributed by atoms with E-state index in [2.05, 4.69) is 4.90 Å². The molecule has 0 unspecified atom stereocenters. The van der Waals surface area contributed by atoms with Crippen LogP contribution in [0.3, 0.4) is 0 Å². The zero-order valence-electron chi connectivity index (χ0n) is 10.7. The van der Waals surface area contributed by atoms with Crippen molar-refractivity contribution in [1.29, 1.82) is 0 Å². The van der Waals surface area contributed by atoms with E-state index in [-0.39, 0.29) is 5.91 Å². The molecule has 1 saturated heterocycles. The number of likely N-dealkylation sites (N-methyl/N-ethyl adjacent to an activating group) is 1. The van der Waals surface area contributed by atoms with Crippen LogP contribution in [-0.2, 0) is 0 Å². The van der Waals surface area contributed by atoms with Crippen LogP contribution in [0, 0.1) is 0 Å². The van der Waals surface area contributed by atoms with Crippen molar-refractivity contribution in [2.45, 2.75) is 12.8 Å². The first-order valence-electron chi connectivity index (χ1n) is 6.41. The summed E-state index contributed by atoms with van der Waals surface area (Å²) >= 11 is 6.03. The van der Waals surface area contributed by atoms with Gasteiger partial charge in [0.25, 0.3) is 5.91 Å². The normalized spacial score (nSPS) is 15.9. The summed E-state index contributed by atoms with van der Waals surface area (Å²) in [6.45, 7) is 4.03. The van der Waals surface area contributed by atoms with E-state index in [0.717, 1.165) is 26.2 Å². The van der Waals surface area contributed by atoms with Crippen molar-refractivity contribution < 1.29 is 4.79 Å². The molecule has 1 heterocycles. The number of rotatable bonds is 4. The Morgan fingerprint density at radius 2 is 2.00 bits per heavy atom. The van der Waals surface area contributed by atoms with Gasteiger partial charge in [0.1, 0.15) is 0 Å². The Morgan fingerprint density at radius 1 is 1.33 bits per heavy atom. The third kappa shape index (κ3) is 3.24. The fourth-order valence-electron chi connectivity index (χ4n) is 2.24. The van der Waals surface area contributed by atoms with E-state index >= 15 is 0 Å². The minimum atomic E-state index is -0.000188. The first-order chi connectivity index (χ1) is 8.68. The maximum absolute atomic E-state index is 12.2. The molecule has 4 heteroatoms. The summed E-state index contributed by atoms with van der Waals surface area (Å²) in [5.41, 5.74) is 0.586. The number of hydrogen-bond donors (Lipinski definition) is 0. The number of nitrogens with zero attached hydrogens (tertiary/aromatic N) is 2. The Labute approximate surface area is 113 Å². The van der Waals surface area contributed by atoms with Crippen molar-refractivity contribution in [1.82, 2.24) is 9.80 Å². The average molecular weight is 267 g/mol. The Balaban J connectivity index is 1.90. The standard InChI is InChI=1S/C14H19ClN2O/c1-16(10-11-17-8-4-5-9-17)14(18)12-6-2-3-7-13(12)15/h2-3,6-7H,4-5,8-11H2,1H3. The van der Waals surface area contributed by atoms with Gasteiger partial charge < -0.3 is 9.80 Å². The van der Waals surface area contributed by atoms with Crippen LogP contribution in [0.2, 0.25) is 5.02 Å². The number of benzene rings is 1. The van der Waals surface area contributed by atoms with Crippen molar-refractivity contribution in [3.8, 4) is 0 Å². The molecule has 1 amide bonds. The van der Waals surface area contributed by atoms with Gasteiger partial charge in [0.2, 0.25) is 0 Å². The van der Waals surface area contributed by atoms with Gasteiger partial charge in [0.05, 0.1) is 10.6 Å². The number of carbonyl (C=O) groups is 1. The highest BCUT2D eigenvalue weighted by Gasteiger charge is 2.16. The first kappa shape index (κ1) is 13.4. The molecule has 18 heavy (non-hydrogen) atoms. The van der Waals surface area contributed by atoms with E-state index in [9.17, 15) is 4.79 Å². The molecule has 0 bridgehead atoms. The minimum Gasteiger partial charge on any atom is -0.340 e. The Kier molecular flexibility index (Phi) is 4.61. The molecule has 0 aromatic heterocycles. The summed E-state index contributed by atoms with van der Waals surface area (Å²) in [7, 11) is 1.84. The lowest BCUT2D eigenvalue weighted by atomic mass is 10.2. The second-order valence-corrected chi connectivity index (χ2v) is 5.16. The third-order valence-electron chi connectivity index (χ3n) is 3.40. The summed E-state index contributed by atoms with van der Waals surface area (Å²) in [5, 5.41) is 0.524. The molecule has 1 aromatic rings. The summed E-state index contributed by atoms with van der Waals surface area (Å²) in [5.74, 6) is -0.000188. The highest BCUT2D eigenvalue weighted by molar-refractivity contribution is 6.33. The Bertz CT molecular complexity index is 416. The van der Waals surface area contributed by atoms with Gasteiger partial charge in [-0.3, -0.25) is 4.79 Å². The third-order valence-corrected chi connectivity index (χ3v) is 3.73. The molecule has 1 fully saturated rings. The van der Waals surface area contributed by atoms with Crippen molar-refractivity contribution in [3.63, 3.8) is 0 Å². The second kappa shape index (κ2) is 6.21. The van der Waals surface area contributed by atoms with Crippen LogP contribution in [0.1, 0.15) is 23.2 Å². The lowest BCUT2D eigenvalue weighted by molar-refractivity contribution is 0.0782. The molecule has 0 aliphatic carbocycles. The van der Waals surface area contributed by atoms with Gasteiger partial charge in [-0.2, -0.15) is 0 Å². The monoisotopic (exact) mass is 266 g/mol. The van der Waals surface area contributed by atoms with Gasteiger partial charge in [0.15, 0.2) is 0 Å². The van der Waals surface area contributed by atoms with Gasteiger partial charge in [-0.05, 0) is 38.1 Å². The second-order valence-electron chi connectivity index (χ2n) is 4.76. The van der Waals surface area contributed by atoms with Crippen molar-refractivity contribution in [3.05, 3.63) is 34.9 Å². The van der Waals surface area contributed by atoms with E-state index in [1.807, 2.05) is 19.2 Å². The first-order valence-corrected chi connectivity index (χ1v) is 6.78. The molecule has 3 nitrogen and oxygen atoms in total. The summed E-state index contributed by atoms with van der Waals surface area (Å²) in [6.07, 6.45) is 2.56. The minimum absolute atomic E-state index is 0.000188. The quantitative estimate of drug-likeness (QED) is 0.836. The largest absolute Gasteiger partial charge is 0.340 e. The van der Waals surface area contributed by atoms with Crippen LogP contribution in [0.5, 0.6) is 0 Å². The smallest absolute Gasteiger partial charge is 0.255 e. The number of amides is 1. The molecular weight excluding hydrogens is 248 g/mol. The predicted molar refractivity (Wildman–Crippen MR) is 74.1 cm³/mol. The molecule has 98 valence electrons. The molecule has 0 saturated carbocycles. The molecule has 0 N–H and O–H groups in total. The van der Waals surface area contributed by atoms with Crippen LogP contribution in [0.15, 0.2) is 24.3 Å². The van der Waals surface area contributed by atoms with E-state index in [1.165, 1.54) is 12.8 Å². The molecule has 0 spiro atoms. The number of halogens is 1. The number of hydrogen-bond acceptors (Lipinski definition) is 2. The Hall–Kier alpha value is -1.06. The molecular formula is C14H19ClN2O. The van der Waals surface area contributed by atoms with Crippen LogP contribution in [0.25, 0.3) is 0 Å².